The Balaban J connectivity index is 2.08. The van der Waals surface area contributed by atoms with E-state index >= 15 is 0 Å². The normalized spacial score (nSPS) is 20.1. The third kappa shape index (κ3) is 3.21. The second-order valence-corrected chi connectivity index (χ2v) is 8.39. The van der Waals surface area contributed by atoms with Crippen LogP contribution in [0.15, 0.2) is 71.8 Å². The molecule has 0 radical (unpaired) electrons. The van der Waals surface area contributed by atoms with E-state index in [0.29, 0.717) is 0 Å². The molecule has 2 atom stereocenters. The van der Waals surface area contributed by atoms with Gasteiger partial charge in [-0.25, -0.2) is 0 Å². The molecular formula is C28H28O2. The molecule has 0 amide bonds. The van der Waals surface area contributed by atoms with Gasteiger partial charge in [0.15, 0.2) is 11.6 Å². The molecule has 152 valence electrons. The van der Waals surface area contributed by atoms with Crippen molar-refractivity contribution in [3.05, 3.63) is 94.1 Å². The maximum Gasteiger partial charge on any atom is 0.189 e. The van der Waals surface area contributed by atoms with Crippen LogP contribution in [0.5, 0.6) is 0 Å². The number of ketones is 2. The third-order valence-corrected chi connectivity index (χ3v) is 6.62. The number of rotatable bonds is 4. The van der Waals surface area contributed by atoms with E-state index < -0.39 is 0 Å². The first-order valence-corrected chi connectivity index (χ1v) is 10.9. The first kappa shape index (κ1) is 20.3. The minimum atomic E-state index is 0.121. The zero-order chi connectivity index (χ0) is 21.4. The van der Waals surface area contributed by atoms with E-state index in [9.17, 15) is 9.59 Å². The molecule has 2 heteroatoms. The van der Waals surface area contributed by atoms with Crippen LogP contribution in [0.4, 0.5) is 0 Å². The van der Waals surface area contributed by atoms with E-state index in [2.05, 4.69) is 39.8 Å². The molecule has 2 nitrogen and oxygen atoms in total. The average Bonchev–Trinajstić information content (AvgIpc) is 2.79. The van der Waals surface area contributed by atoms with Gasteiger partial charge in [-0.15, -0.1) is 0 Å². The molecule has 0 N–H and O–H groups in total. The number of hydrogen-bond acceptors (Lipinski definition) is 2. The monoisotopic (exact) mass is 396 g/mol. The van der Waals surface area contributed by atoms with Crippen molar-refractivity contribution in [2.75, 3.05) is 0 Å². The summed E-state index contributed by atoms with van der Waals surface area (Å²) < 4.78 is 0. The quantitative estimate of drug-likeness (QED) is 0.561. The zero-order valence-corrected chi connectivity index (χ0v) is 18.2. The minimum Gasteiger partial charge on any atom is -0.289 e. The molecule has 4 rings (SSSR count). The van der Waals surface area contributed by atoms with Crippen LogP contribution in [0, 0.1) is 11.8 Å². The van der Waals surface area contributed by atoms with Gasteiger partial charge in [0.2, 0.25) is 0 Å². The lowest BCUT2D eigenvalue weighted by Gasteiger charge is -2.27. The Bertz CT molecular complexity index is 1040. The van der Waals surface area contributed by atoms with Crippen LogP contribution in [0.1, 0.15) is 72.4 Å². The van der Waals surface area contributed by atoms with Gasteiger partial charge in [0, 0.05) is 22.3 Å². The zero-order valence-electron chi connectivity index (χ0n) is 18.2. The van der Waals surface area contributed by atoms with Crippen LogP contribution in [0.3, 0.4) is 0 Å². The van der Waals surface area contributed by atoms with Crippen LogP contribution < -0.4 is 0 Å². The Morgan fingerprint density at radius 1 is 0.600 bits per heavy atom. The Hall–Kier alpha value is -3.00. The maximum atomic E-state index is 13.2. The van der Waals surface area contributed by atoms with Crippen LogP contribution in [-0.2, 0) is 0 Å². The molecule has 2 unspecified atom stereocenters. The SMILES string of the molecule is CCC(C)C1=CC(=C2C=C(C(C)CC)C(=O)c3ccccc32)c2ccccc2C1=O. The fourth-order valence-electron chi connectivity index (χ4n) is 4.36. The van der Waals surface area contributed by atoms with Crippen molar-refractivity contribution in [2.24, 2.45) is 11.8 Å². The Labute approximate surface area is 179 Å². The Morgan fingerprint density at radius 2 is 0.933 bits per heavy atom. The second-order valence-electron chi connectivity index (χ2n) is 8.39. The number of carbonyl (C=O) groups excluding carboxylic acids is 2. The first-order valence-electron chi connectivity index (χ1n) is 10.9. The molecule has 0 aromatic heterocycles. The topological polar surface area (TPSA) is 34.1 Å². The Morgan fingerprint density at radius 3 is 1.27 bits per heavy atom. The molecule has 2 aromatic rings. The van der Waals surface area contributed by atoms with Gasteiger partial charge in [0.05, 0.1) is 0 Å². The van der Waals surface area contributed by atoms with Crippen molar-refractivity contribution in [3.63, 3.8) is 0 Å². The number of benzene rings is 2. The molecule has 0 spiro atoms. The largest absolute Gasteiger partial charge is 0.289 e. The molecule has 0 heterocycles. The summed E-state index contributed by atoms with van der Waals surface area (Å²) in [6.45, 7) is 8.45. The van der Waals surface area contributed by atoms with E-state index in [1.54, 1.807) is 0 Å². The van der Waals surface area contributed by atoms with Crippen molar-refractivity contribution in [3.8, 4) is 0 Å². The molecule has 0 saturated heterocycles. The summed E-state index contributed by atoms with van der Waals surface area (Å²) in [5.41, 5.74) is 7.21. The smallest absolute Gasteiger partial charge is 0.189 e. The first-order chi connectivity index (χ1) is 14.5. The van der Waals surface area contributed by atoms with Crippen LogP contribution in [-0.4, -0.2) is 11.6 Å². The van der Waals surface area contributed by atoms with E-state index in [0.717, 1.165) is 57.4 Å². The molecule has 2 aliphatic rings. The summed E-state index contributed by atoms with van der Waals surface area (Å²) in [5.74, 6) is 0.603. The van der Waals surface area contributed by atoms with Crippen LogP contribution >= 0.6 is 0 Å². The summed E-state index contributed by atoms with van der Waals surface area (Å²) in [4.78, 5) is 26.4. The molecule has 0 saturated carbocycles. The van der Waals surface area contributed by atoms with Gasteiger partial charge >= 0.3 is 0 Å². The van der Waals surface area contributed by atoms with Crippen molar-refractivity contribution in [2.45, 2.75) is 40.5 Å². The maximum absolute atomic E-state index is 13.2. The van der Waals surface area contributed by atoms with E-state index in [1.165, 1.54) is 0 Å². The third-order valence-electron chi connectivity index (χ3n) is 6.62. The Kier molecular flexibility index (Phi) is 5.42. The van der Waals surface area contributed by atoms with Crippen LogP contribution in [0.25, 0.3) is 11.1 Å². The lowest BCUT2D eigenvalue weighted by molar-refractivity contribution is 0.101. The highest BCUT2D eigenvalue weighted by Crippen LogP contribution is 2.42. The predicted octanol–water partition coefficient (Wildman–Crippen LogP) is 6.94. The molecule has 0 fully saturated rings. The highest BCUT2D eigenvalue weighted by Gasteiger charge is 2.31. The van der Waals surface area contributed by atoms with Gasteiger partial charge in [-0.3, -0.25) is 9.59 Å². The van der Waals surface area contributed by atoms with Gasteiger partial charge in [0.25, 0.3) is 0 Å². The van der Waals surface area contributed by atoms with Crippen molar-refractivity contribution in [1.82, 2.24) is 0 Å². The highest BCUT2D eigenvalue weighted by molar-refractivity contribution is 6.23. The number of allylic oxidation sites excluding steroid dienone is 6. The van der Waals surface area contributed by atoms with Gasteiger partial charge in [0.1, 0.15) is 0 Å². The molecule has 0 bridgehead atoms. The van der Waals surface area contributed by atoms with Crippen molar-refractivity contribution in [1.29, 1.82) is 0 Å². The van der Waals surface area contributed by atoms with Gasteiger partial charge in [-0.1, -0.05) is 76.2 Å². The predicted molar refractivity (Wildman–Crippen MR) is 123 cm³/mol. The molecular weight excluding hydrogens is 368 g/mol. The standard InChI is InChI=1S/C28H28O2/c1-5-17(3)23-15-25(19-11-7-9-13-21(19)27(23)29)26-16-24(18(4)6-2)28(30)22-14-10-8-12-20(22)26/h7-18H,5-6H2,1-4H3. The number of fused-ring (bicyclic) bond motifs is 2. The minimum absolute atomic E-state index is 0.121. The summed E-state index contributed by atoms with van der Waals surface area (Å²) in [7, 11) is 0. The van der Waals surface area contributed by atoms with Crippen molar-refractivity contribution < 1.29 is 9.59 Å². The number of carbonyl (C=O) groups is 2. The fourth-order valence-corrected chi connectivity index (χ4v) is 4.36. The van der Waals surface area contributed by atoms with E-state index in [1.807, 2.05) is 48.5 Å². The van der Waals surface area contributed by atoms with Gasteiger partial charge in [-0.05, 0) is 59.1 Å². The van der Waals surface area contributed by atoms with Crippen LogP contribution in [0.2, 0.25) is 0 Å². The van der Waals surface area contributed by atoms with Gasteiger partial charge in [-0.2, -0.15) is 0 Å². The lowest BCUT2D eigenvalue weighted by atomic mass is 9.75. The number of hydrogen-bond donors (Lipinski definition) is 0. The van der Waals surface area contributed by atoms with E-state index in [4.69, 9.17) is 0 Å². The summed E-state index contributed by atoms with van der Waals surface area (Å²) in [6.07, 6.45) is 5.97. The van der Waals surface area contributed by atoms with Crippen molar-refractivity contribution >= 4 is 22.7 Å². The molecule has 2 aliphatic carbocycles. The summed E-state index contributed by atoms with van der Waals surface area (Å²) in [5, 5.41) is 0. The fraction of sp³-hybridized carbons (Fsp3) is 0.286. The summed E-state index contributed by atoms with van der Waals surface area (Å²) >= 11 is 0. The molecule has 30 heavy (non-hydrogen) atoms. The van der Waals surface area contributed by atoms with Gasteiger partial charge < -0.3 is 0 Å². The number of Topliss-reactive ketones (excluding diaryl/α,β-unsaturated/α-hetero) is 2. The molecule has 2 aromatic carbocycles. The lowest BCUT2D eigenvalue weighted by Crippen LogP contribution is -2.19. The second kappa shape index (κ2) is 8.02. The average molecular weight is 397 g/mol. The van der Waals surface area contributed by atoms with E-state index in [-0.39, 0.29) is 23.4 Å². The molecule has 0 aliphatic heterocycles. The summed E-state index contributed by atoms with van der Waals surface area (Å²) in [6, 6.07) is 15.7. The highest BCUT2D eigenvalue weighted by atomic mass is 16.1.